The number of hydrogen-bond acceptors (Lipinski definition) is 8. The number of nitrogens with zero attached hydrogens (tertiary/aromatic N) is 5. The van der Waals surface area contributed by atoms with Gasteiger partial charge in [-0.15, -0.1) is 0 Å². The van der Waals surface area contributed by atoms with Crippen LogP contribution in [0.3, 0.4) is 0 Å². The predicted octanol–water partition coefficient (Wildman–Crippen LogP) is 2.20. The molecule has 2 amide bonds. The minimum absolute atomic E-state index is 0.141. The zero-order valence-electron chi connectivity index (χ0n) is 20.4. The van der Waals surface area contributed by atoms with Crippen LogP contribution in [0, 0.1) is 11.2 Å². The van der Waals surface area contributed by atoms with Crippen LogP contribution >= 0.6 is 0 Å². The number of anilines is 4. The first-order valence-electron chi connectivity index (χ1n) is 12.8. The number of likely N-dealkylation sites (tertiary alicyclic amines) is 1. The number of aromatic nitrogens is 2. The van der Waals surface area contributed by atoms with Crippen molar-refractivity contribution in [3.8, 4) is 0 Å². The summed E-state index contributed by atoms with van der Waals surface area (Å²) in [5.74, 6) is 0.307. The van der Waals surface area contributed by atoms with Crippen molar-refractivity contribution in [3.63, 3.8) is 0 Å². The van der Waals surface area contributed by atoms with E-state index in [1.54, 1.807) is 6.20 Å². The topological polar surface area (TPSA) is 93.7 Å². The third-order valence-corrected chi connectivity index (χ3v) is 8.64. The lowest BCUT2D eigenvalue weighted by Crippen LogP contribution is -2.71. The smallest absolute Gasteiger partial charge is 0.253 e. The monoisotopic (exact) mass is 491 g/mol. The summed E-state index contributed by atoms with van der Waals surface area (Å²) in [6.45, 7) is 3.94. The Labute approximate surface area is 209 Å². The first kappa shape index (κ1) is 22.0. The van der Waals surface area contributed by atoms with Crippen molar-refractivity contribution in [2.75, 3.05) is 48.3 Å². The Morgan fingerprint density at radius 1 is 1.11 bits per heavy atom. The molecule has 2 spiro atoms. The lowest BCUT2D eigenvalue weighted by molar-refractivity contribution is -0.126. The molecule has 1 saturated carbocycles. The van der Waals surface area contributed by atoms with Crippen LogP contribution in [0.2, 0.25) is 0 Å². The van der Waals surface area contributed by atoms with Crippen LogP contribution in [0.5, 0.6) is 0 Å². The number of fused-ring (bicyclic) bond motifs is 1. The van der Waals surface area contributed by atoms with E-state index in [2.05, 4.69) is 37.4 Å². The predicted molar refractivity (Wildman–Crippen MR) is 133 cm³/mol. The molecule has 7 rings (SSSR count). The zero-order chi connectivity index (χ0) is 24.7. The number of benzene rings is 1. The summed E-state index contributed by atoms with van der Waals surface area (Å²) < 4.78 is 15.0. The molecule has 0 bridgehead atoms. The molecule has 9 nitrogen and oxygen atoms in total. The van der Waals surface area contributed by atoms with Gasteiger partial charge >= 0.3 is 0 Å². The molecule has 1 aromatic carbocycles. The Morgan fingerprint density at radius 3 is 2.56 bits per heavy atom. The molecule has 3 saturated heterocycles. The quantitative estimate of drug-likeness (QED) is 0.629. The van der Waals surface area contributed by atoms with E-state index < -0.39 is 5.54 Å². The van der Waals surface area contributed by atoms with Crippen LogP contribution in [-0.4, -0.2) is 71.5 Å². The molecule has 5 aliphatic rings. The van der Waals surface area contributed by atoms with Crippen molar-refractivity contribution in [2.45, 2.75) is 50.1 Å². The van der Waals surface area contributed by atoms with Gasteiger partial charge in [-0.05, 0) is 38.1 Å². The van der Waals surface area contributed by atoms with Gasteiger partial charge in [-0.3, -0.25) is 14.9 Å². The highest BCUT2D eigenvalue weighted by atomic mass is 19.1. The lowest BCUT2D eigenvalue weighted by atomic mass is 9.73. The Morgan fingerprint density at radius 2 is 1.89 bits per heavy atom. The van der Waals surface area contributed by atoms with E-state index in [1.807, 2.05) is 12.1 Å². The molecule has 2 N–H and O–H groups in total. The fraction of sp³-hybridized carbons (Fsp3) is 0.538. The van der Waals surface area contributed by atoms with Gasteiger partial charge in [-0.1, -0.05) is 12.8 Å². The van der Waals surface area contributed by atoms with Crippen LogP contribution in [0.25, 0.3) is 0 Å². The van der Waals surface area contributed by atoms with Gasteiger partial charge in [-0.25, -0.2) is 9.37 Å². The molecule has 1 aromatic heterocycles. The fourth-order valence-corrected chi connectivity index (χ4v) is 7.25. The van der Waals surface area contributed by atoms with Crippen LogP contribution in [0.1, 0.15) is 37.7 Å². The normalized spacial score (nSPS) is 26.9. The van der Waals surface area contributed by atoms with E-state index in [0.29, 0.717) is 35.0 Å². The highest BCUT2D eigenvalue weighted by Gasteiger charge is 2.58. The molecular weight excluding hydrogens is 461 g/mol. The Balaban J connectivity index is 1.13. The van der Waals surface area contributed by atoms with Crippen molar-refractivity contribution in [1.82, 2.24) is 20.2 Å². The lowest BCUT2D eigenvalue weighted by Gasteiger charge is -2.60. The number of halogens is 1. The zero-order valence-corrected chi connectivity index (χ0v) is 20.4. The Kier molecular flexibility index (Phi) is 4.65. The molecule has 1 aliphatic carbocycles. The van der Waals surface area contributed by atoms with Crippen molar-refractivity contribution in [3.05, 3.63) is 35.8 Å². The van der Waals surface area contributed by atoms with E-state index in [4.69, 9.17) is 4.98 Å². The largest absolute Gasteiger partial charge is 0.368 e. The molecule has 1 atom stereocenters. The number of nitrogens with one attached hydrogen (secondary N) is 2. The van der Waals surface area contributed by atoms with Gasteiger partial charge in [0.05, 0.1) is 12.1 Å². The molecule has 4 fully saturated rings. The molecule has 10 heteroatoms. The van der Waals surface area contributed by atoms with Gasteiger partial charge < -0.3 is 20.0 Å². The van der Waals surface area contributed by atoms with E-state index in [-0.39, 0.29) is 30.1 Å². The van der Waals surface area contributed by atoms with Gasteiger partial charge in [0.2, 0.25) is 11.9 Å². The Bertz CT molecular complexity index is 1260. The molecule has 188 valence electrons. The van der Waals surface area contributed by atoms with E-state index in [0.717, 1.165) is 57.4 Å². The summed E-state index contributed by atoms with van der Waals surface area (Å²) in [7, 11) is 2.12. The summed E-state index contributed by atoms with van der Waals surface area (Å²) in [6, 6.07) is 5.32. The summed E-state index contributed by atoms with van der Waals surface area (Å²) in [5.41, 5.74) is 1.48. The van der Waals surface area contributed by atoms with Crippen LogP contribution in [0.15, 0.2) is 24.4 Å². The summed E-state index contributed by atoms with van der Waals surface area (Å²) in [6.07, 6.45) is 6.43. The third kappa shape index (κ3) is 3.23. The van der Waals surface area contributed by atoms with Gasteiger partial charge in [-0.2, -0.15) is 4.98 Å². The molecule has 2 aromatic rings. The number of carbonyl (C=O) groups is 2. The van der Waals surface area contributed by atoms with Crippen LogP contribution in [-0.2, 0) is 16.0 Å². The second-order valence-electron chi connectivity index (χ2n) is 11.4. The van der Waals surface area contributed by atoms with Crippen molar-refractivity contribution < 1.29 is 14.0 Å². The summed E-state index contributed by atoms with van der Waals surface area (Å²) in [5, 5.41) is 5.66. The first-order valence-corrected chi connectivity index (χ1v) is 12.8. The van der Waals surface area contributed by atoms with E-state index >= 15 is 4.39 Å². The second-order valence-corrected chi connectivity index (χ2v) is 11.4. The highest BCUT2D eigenvalue weighted by Crippen LogP contribution is 2.46. The minimum Gasteiger partial charge on any atom is -0.368 e. The fourth-order valence-electron chi connectivity index (χ4n) is 7.25. The summed E-state index contributed by atoms with van der Waals surface area (Å²) >= 11 is 0. The van der Waals surface area contributed by atoms with E-state index in [9.17, 15) is 9.59 Å². The second kappa shape index (κ2) is 7.61. The van der Waals surface area contributed by atoms with Crippen molar-refractivity contribution >= 4 is 35.0 Å². The average molecular weight is 492 g/mol. The maximum absolute atomic E-state index is 15.0. The van der Waals surface area contributed by atoms with Crippen molar-refractivity contribution in [1.29, 1.82) is 0 Å². The van der Waals surface area contributed by atoms with Gasteiger partial charge in [0.15, 0.2) is 0 Å². The molecule has 1 unspecified atom stereocenters. The van der Waals surface area contributed by atoms with Gasteiger partial charge in [0.25, 0.3) is 5.91 Å². The van der Waals surface area contributed by atoms with E-state index in [1.165, 1.54) is 6.07 Å². The molecule has 4 aliphatic heterocycles. The highest BCUT2D eigenvalue weighted by molar-refractivity contribution is 6.11. The maximum Gasteiger partial charge on any atom is 0.253 e. The van der Waals surface area contributed by atoms with Crippen LogP contribution < -0.4 is 20.4 Å². The Hall–Kier alpha value is -3.27. The number of rotatable bonds is 4. The van der Waals surface area contributed by atoms with Crippen molar-refractivity contribution in [2.24, 2.45) is 5.41 Å². The van der Waals surface area contributed by atoms with Gasteiger partial charge in [0, 0.05) is 61.5 Å². The minimum atomic E-state index is -0.917. The molecule has 36 heavy (non-hydrogen) atoms. The molecule has 0 radical (unpaired) electrons. The van der Waals surface area contributed by atoms with Crippen LogP contribution in [0.4, 0.5) is 27.5 Å². The first-order chi connectivity index (χ1) is 17.3. The summed E-state index contributed by atoms with van der Waals surface area (Å²) in [4.78, 5) is 40.9. The standard InChI is InChI=1S/C26H30FN7O2/c1-32-12-25(13-32)14-33(15-25)20-7-6-17(8-19(20)27)29-24-28-11-16-9-26(10-21(35)30-23(26)36)34(22(16)31-24)18-4-2-3-5-18/h6-8,11,18H,2-5,9-10,12-15H2,1H3,(H,28,29,31)(H,30,35,36). The molecular formula is C26H30FN7O2. The average Bonchev–Trinajstić information content (AvgIpc) is 3.48. The third-order valence-electron chi connectivity index (χ3n) is 8.64. The SMILES string of the molecule is CN1CC2(C1)CN(c1ccc(Nc3ncc4c(n3)N(C3CCCC3)C3(CC(=O)NC3=O)C4)cc1F)C2. The maximum atomic E-state index is 15.0. The number of hydrogen-bond donors (Lipinski definition) is 2. The molecule has 5 heterocycles. The number of carbonyl (C=O) groups excluding carboxylic acids is 2. The number of amides is 2. The van der Waals surface area contributed by atoms with Gasteiger partial charge in [0.1, 0.15) is 17.2 Å². The number of imide groups is 1.